The van der Waals surface area contributed by atoms with E-state index in [9.17, 15) is 0 Å². The lowest BCUT2D eigenvalue weighted by atomic mass is 10.3. The minimum atomic E-state index is 0.159. The van der Waals surface area contributed by atoms with Crippen LogP contribution in [0.4, 0.5) is 0 Å². The van der Waals surface area contributed by atoms with Crippen LogP contribution in [0.5, 0.6) is 11.8 Å². The summed E-state index contributed by atoms with van der Waals surface area (Å²) < 4.78 is 5.28. The third-order valence-corrected chi connectivity index (χ3v) is 1.69. The van der Waals surface area contributed by atoms with Crippen molar-refractivity contribution >= 4 is 0 Å². The zero-order valence-corrected chi connectivity index (χ0v) is 7.93. The lowest BCUT2D eigenvalue weighted by Gasteiger charge is -1.99. The Labute approximate surface area is 85.5 Å². The topological polar surface area (TPSA) is 87.5 Å². The average Bonchev–Trinajstić information content (AvgIpc) is 2.65. The summed E-state index contributed by atoms with van der Waals surface area (Å²) in [5, 5.41) is 22.7. The van der Waals surface area contributed by atoms with Crippen LogP contribution >= 0.6 is 0 Å². The van der Waals surface area contributed by atoms with Crippen molar-refractivity contribution < 1.29 is 4.74 Å². The first kappa shape index (κ1) is 9.15. The fourth-order valence-electron chi connectivity index (χ4n) is 1.02. The number of hydrogen-bond acceptors (Lipinski definition) is 5. The fraction of sp³-hybridized carbons (Fsp3) is 0.111. The molecule has 0 spiro atoms. The molecule has 2 aromatic heterocycles. The van der Waals surface area contributed by atoms with Crippen LogP contribution in [0.3, 0.4) is 0 Å². The van der Waals surface area contributed by atoms with E-state index in [0.29, 0.717) is 11.4 Å². The second kappa shape index (κ2) is 3.75. The van der Waals surface area contributed by atoms with E-state index < -0.39 is 0 Å². The van der Waals surface area contributed by atoms with Crippen molar-refractivity contribution in [2.24, 2.45) is 0 Å². The Kier molecular flexibility index (Phi) is 2.29. The molecule has 0 unspecified atom stereocenters. The Bertz CT molecular complexity index is 513. The van der Waals surface area contributed by atoms with Gasteiger partial charge in [-0.05, 0) is 13.0 Å². The number of nitriles is 1. The number of aromatic nitrogens is 4. The van der Waals surface area contributed by atoms with Gasteiger partial charge in [-0.1, -0.05) is 0 Å². The van der Waals surface area contributed by atoms with E-state index in [0.717, 1.165) is 5.69 Å². The first-order chi connectivity index (χ1) is 7.29. The molecule has 0 aliphatic heterocycles. The second-order valence-electron chi connectivity index (χ2n) is 2.85. The summed E-state index contributed by atoms with van der Waals surface area (Å²) in [5.41, 5.74) is 1.19. The number of aryl methyl sites for hydroxylation is 1. The maximum Gasteiger partial charge on any atom is 0.258 e. The molecular formula is C9H7N5O. The summed E-state index contributed by atoms with van der Waals surface area (Å²) in [5.74, 6) is 0.524. The molecule has 6 nitrogen and oxygen atoms in total. The average molecular weight is 201 g/mol. The molecule has 1 N–H and O–H groups in total. The maximum absolute atomic E-state index is 8.78. The zero-order chi connectivity index (χ0) is 10.7. The Balaban J connectivity index is 2.28. The van der Waals surface area contributed by atoms with E-state index in [1.54, 1.807) is 6.07 Å². The summed E-state index contributed by atoms with van der Waals surface area (Å²) in [7, 11) is 0. The highest BCUT2D eigenvalue weighted by Crippen LogP contribution is 2.19. The van der Waals surface area contributed by atoms with Gasteiger partial charge in [-0.2, -0.15) is 10.4 Å². The van der Waals surface area contributed by atoms with Crippen molar-refractivity contribution in [2.75, 3.05) is 0 Å². The van der Waals surface area contributed by atoms with E-state index in [1.807, 2.05) is 13.0 Å². The van der Waals surface area contributed by atoms with Crippen molar-refractivity contribution in [3.05, 3.63) is 29.6 Å². The Morgan fingerprint density at radius 1 is 1.53 bits per heavy atom. The van der Waals surface area contributed by atoms with Gasteiger partial charge in [0.2, 0.25) is 5.88 Å². The normalized spacial score (nSPS) is 9.60. The number of nitrogens with one attached hydrogen (secondary N) is 1. The Morgan fingerprint density at radius 2 is 2.40 bits per heavy atom. The van der Waals surface area contributed by atoms with Crippen LogP contribution in [0.2, 0.25) is 0 Å². The third-order valence-electron chi connectivity index (χ3n) is 1.69. The molecule has 2 aromatic rings. The van der Waals surface area contributed by atoms with Gasteiger partial charge in [0.05, 0.1) is 6.20 Å². The van der Waals surface area contributed by atoms with E-state index >= 15 is 0 Å². The molecule has 0 aromatic carbocycles. The first-order valence-corrected chi connectivity index (χ1v) is 4.21. The summed E-state index contributed by atoms with van der Waals surface area (Å²) >= 11 is 0. The number of rotatable bonds is 2. The number of nitrogens with zero attached hydrogens (tertiary/aromatic N) is 4. The molecule has 0 saturated carbocycles. The summed E-state index contributed by atoms with van der Waals surface area (Å²) in [6.45, 7) is 1.85. The molecule has 0 radical (unpaired) electrons. The van der Waals surface area contributed by atoms with E-state index in [1.165, 1.54) is 12.3 Å². The van der Waals surface area contributed by atoms with Crippen LogP contribution in [-0.2, 0) is 0 Å². The summed E-state index contributed by atoms with van der Waals surface area (Å²) in [6.07, 6.45) is 1.43. The molecule has 6 heteroatoms. The number of hydrogen-bond donors (Lipinski definition) is 1. The first-order valence-electron chi connectivity index (χ1n) is 4.21. The molecule has 2 rings (SSSR count). The van der Waals surface area contributed by atoms with Gasteiger partial charge in [0.25, 0.3) is 5.88 Å². The molecule has 0 aliphatic carbocycles. The van der Waals surface area contributed by atoms with Gasteiger partial charge in [0.15, 0.2) is 0 Å². The standard InChI is InChI=1S/C9H7N5O/c1-6-4-8(13-12-6)15-9-7(5-10)2-3-11-14-9/h2-4H,1H3,(H,12,13). The lowest BCUT2D eigenvalue weighted by molar-refractivity contribution is 0.435. The van der Waals surface area contributed by atoms with Crippen LogP contribution in [0.15, 0.2) is 18.3 Å². The van der Waals surface area contributed by atoms with Crippen molar-refractivity contribution in [2.45, 2.75) is 6.92 Å². The van der Waals surface area contributed by atoms with Gasteiger partial charge >= 0.3 is 0 Å². The van der Waals surface area contributed by atoms with Crippen LogP contribution < -0.4 is 4.74 Å². The molecule has 0 amide bonds. The molecule has 0 bridgehead atoms. The van der Waals surface area contributed by atoms with Gasteiger partial charge in [-0.3, -0.25) is 5.10 Å². The molecular weight excluding hydrogens is 194 g/mol. The highest BCUT2D eigenvalue weighted by Gasteiger charge is 2.07. The largest absolute Gasteiger partial charge is 0.416 e. The van der Waals surface area contributed by atoms with Gasteiger partial charge in [0.1, 0.15) is 11.6 Å². The number of ether oxygens (including phenoxy) is 1. The molecule has 15 heavy (non-hydrogen) atoms. The third kappa shape index (κ3) is 1.91. The highest BCUT2D eigenvalue weighted by atomic mass is 16.5. The summed E-state index contributed by atoms with van der Waals surface area (Å²) in [6, 6.07) is 5.19. The van der Waals surface area contributed by atoms with Gasteiger partial charge in [-0.15, -0.1) is 10.2 Å². The van der Waals surface area contributed by atoms with Crippen LogP contribution in [-0.4, -0.2) is 20.4 Å². The minimum Gasteiger partial charge on any atom is -0.416 e. The monoisotopic (exact) mass is 201 g/mol. The molecule has 74 valence electrons. The molecule has 0 atom stereocenters. The van der Waals surface area contributed by atoms with Crippen LogP contribution in [0.1, 0.15) is 11.3 Å². The van der Waals surface area contributed by atoms with Crippen molar-refractivity contribution in [3.8, 4) is 17.8 Å². The number of H-pyrrole nitrogens is 1. The zero-order valence-electron chi connectivity index (χ0n) is 7.93. The summed E-state index contributed by atoms with van der Waals surface area (Å²) in [4.78, 5) is 0. The fourth-order valence-corrected chi connectivity index (χ4v) is 1.02. The molecule has 0 fully saturated rings. The van der Waals surface area contributed by atoms with Gasteiger partial charge in [0, 0.05) is 11.8 Å². The van der Waals surface area contributed by atoms with E-state index in [-0.39, 0.29) is 5.88 Å². The van der Waals surface area contributed by atoms with Crippen LogP contribution in [0.25, 0.3) is 0 Å². The van der Waals surface area contributed by atoms with Crippen molar-refractivity contribution in [3.63, 3.8) is 0 Å². The lowest BCUT2D eigenvalue weighted by Crippen LogP contribution is -1.93. The predicted molar refractivity (Wildman–Crippen MR) is 50.1 cm³/mol. The second-order valence-corrected chi connectivity index (χ2v) is 2.85. The smallest absolute Gasteiger partial charge is 0.258 e. The maximum atomic E-state index is 8.78. The quantitative estimate of drug-likeness (QED) is 0.787. The Morgan fingerprint density at radius 3 is 3.07 bits per heavy atom. The molecule has 0 aliphatic rings. The van der Waals surface area contributed by atoms with Crippen molar-refractivity contribution in [1.82, 2.24) is 20.4 Å². The molecule has 2 heterocycles. The Hall–Kier alpha value is -2.42. The van der Waals surface area contributed by atoms with E-state index in [2.05, 4.69) is 20.4 Å². The van der Waals surface area contributed by atoms with Gasteiger partial charge < -0.3 is 4.74 Å². The van der Waals surface area contributed by atoms with Crippen LogP contribution in [0, 0.1) is 18.3 Å². The van der Waals surface area contributed by atoms with E-state index in [4.69, 9.17) is 10.00 Å². The molecule has 0 saturated heterocycles. The minimum absolute atomic E-state index is 0.159. The highest BCUT2D eigenvalue weighted by molar-refractivity contribution is 5.37. The number of aromatic amines is 1. The predicted octanol–water partition coefficient (Wildman–Crippen LogP) is 1.17. The SMILES string of the molecule is Cc1cc(Oc2nnccc2C#N)n[nH]1. The van der Waals surface area contributed by atoms with Crippen molar-refractivity contribution in [1.29, 1.82) is 5.26 Å². The van der Waals surface area contributed by atoms with Gasteiger partial charge in [-0.25, -0.2) is 0 Å².